The second-order valence-electron chi connectivity index (χ2n) is 4.27. The van der Waals surface area contributed by atoms with Gasteiger partial charge in [0.15, 0.2) is 0 Å². The second-order valence-corrected chi connectivity index (χ2v) is 4.27. The van der Waals surface area contributed by atoms with Crippen LogP contribution in [0.3, 0.4) is 0 Å². The van der Waals surface area contributed by atoms with Gasteiger partial charge in [0.1, 0.15) is 11.6 Å². The van der Waals surface area contributed by atoms with E-state index in [2.05, 4.69) is 5.32 Å². The molecule has 1 aromatic carbocycles. The molecular formula is C14H16N4O2. The van der Waals surface area contributed by atoms with Crippen LogP contribution in [-0.2, 0) is 11.3 Å². The van der Waals surface area contributed by atoms with E-state index < -0.39 is 11.9 Å². The number of urea groups is 1. The Kier molecular flexibility index (Phi) is 5.30. The number of benzene rings is 1. The van der Waals surface area contributed by atoms with E-state index in [1.807, 2.05) is 36.5 Å². The number of nitriles is 1. The molecule has 0 aromatic heterocycles. The van der Waals surface area contributed by atoms with Gasteiger partial charge in [-0.1, -0.05) is 29.8 Å². The van der Waals surface area contributed by atoms with Gasteiger partial charge in [0.05, 0.1) is 0 Å². The zero-order valence-electron chi connectivity index (χ0n) is 11.4. The first kappa shape index (κ1) is 15.2. The maximum absolute atomic E-state index is 11.5. The molecule has 0 aliphatic heterocycles. The monoisotopic (exact) mass is 272 g/mol. The average Bonchev–Trinajstić information content (AvgIpc) is 2.38. The number of carbonyl (C=O) groups is 2. The molecule has 6 nitrogen and oxygen atoms in total. The van der Waals surface area contributed by atoms with Gasteiger partial charge in [0.2, 0.25) is 0 Å². The minimum absolute atomic E-state index is 0.170. The highest BCUT2D eigenvalue weighted by Crippen LogP contribution is 2.05. The zero-order valence-corrected chi connectivity index (χ0v) is 11.4. The van der Waals surface area contributed by atoms with E-state index in [0.29, 0.717) is 12.2 Å². The van der Waals surface area contributed by atoms with Crippen molar-refractivity contribution in [2.75, 3.05) is 0 Å². The highest BCUT2D eigenvalue weighted by atomic mass is 16.2. The molecule has 1 aromatic rings. The van der Waals surface area contributed by atoms with Crippen LogP contribution >= 0.6 is 0 Å². The molecule has 0 bridgehead atoms. The molecular weight excluding hydrogens is 256 g/mol. The average molecular weight is 272 g/mol. The third kappa shape index (κ3) is 4.46. The van der Waals surface area contributed by atoms with E-state index in [0.717, 1.165) is 11.1 Å². The summed E-state index contributed by atoms with van der Waals surface area (Å²) in [5.41, 5.74) is 7.22. The van der Waals surface area contributed by atoms with E-state index in [9.17, 15) is 9.59 Å². The fourth-order valence-corrected chi connectivity index (χ4v) is 1.51. The number of primary amides is 1. The second kappa shape index (κ2) is 6.95. The molecule has 0 aliphatic carbocycles. The van der Waals surface area contributed by atoms with Gasteiger partial charge in [0.25, 0.3) is 5.91 Å². The number of amides is 3. The van der Waals surface area contributed by atoms with Crippen LogP contribution in [0, 0.1) is 18.3 Å². The summed E-state index contributed by atoms with van der Waals surface area (Å²) in [7, 11) is 0. The molecule has 0 fully saturated rings. The predicted molar refractivity (Wildman–Crippen MR) is 74.1 cm³/mol. The third-order valence-electron chi connectivity index (χ3n) is 2.63. The van der Waals surface area contributed by atoms with Gasteiger partial charge in [-0.05, 0) is 19.4 Å². The van der Waals surface area contributed by atoms with Crippen LogP contribution in [-0.4, -0.2) is 11.9 Å². The largest absolute Gasteiger partial charge is 0.383 e. The number of rotatable bonds is 4. The van der Waals surface area contributed by atoms with Gasteiger partial charge in [-0.15, -0.1) is 0 Å². The summed E-state index contributed by atoms with van der Waals surface area (Å²) in [6, 6.07) is 8.60. The smallest absolute Gasteiger partial charge is 0.319 e. The maximum Gasteiger partial charge on any atom is 0.319 e. The van der Waals surface area contributed by atoms with Crippen molar-refractivity contribution in [2.24, 2.45) is 5.73 Å². The van der Waals surface area contributed by atoms with Crippen molar-refractivity contribution in [1.82, 2.24) is 10.6 Å². The van der Waals surface area contributed by atoms with Crippen LogP contribution in [0.15, 0.2) is 35.5 Å². The highest BCUT2D eigenvalue weighted by molar-refractivity contribution is 6.06. The first-order valence-corrected chi connectivity index (χ1v) is 5.95. The quantitative estimate of drug-likeness (QED) is 0.563. The number of carbonyl (C=O) groups excluding carboxylic acids is 2. The van der Waals surface area contributed by atoms with Crippen molar-refractivity contribution < 1.29 is 9.59 Å². The standard InChI is InChI=1S/C14H16N4O2/c1-9-3-5-11(6-4-9)8-17-10(2)12(7-15)13(19)18-14(16)20/h3-6,17H,8H2,1-2H3,(H3,16,18,19,20)/b12-10+. The third-order valence-corrected chi connectivity index (χ3v) is 2.63. The van der Waals surface area contributed by atoms with Crippen LogP contribution in [0.4, 0.5) is 4.79 Å². The number of nitrogens with one attached hydrogen (secondary N) is 2. The lowest BCUT2D eigenvalue weighted by Crippen LogP contribution is -2.36. The molecule has 3 amide bonds. The van der Waals surface area contributed by atoms with Gasteiger partial charge < -0.3 is 11.1 Å². The Hall–Kier alpha value is -2.81. The molecule has 0 radical (unpaired) electrons. The van der Waals surface area contributed by atoms with Gasteiger partial charge >= 0.3 is 6.03 Å². The molecule has 0 aliphatic rings. The Morgan fingerprint density at radius 2 is 1.90 bits per heavy atom. The summed E-state index contributed by atoms with van der Waals surface area (Å²) in [6.45, 7) is 4.05. The summed E-state index contributed by atoms with van der Waals surface area (Å²) in [6.07, 6.45) is 0. The van der Waals surface area contributed by atoms with E-state index in [1.165, 1.54) is 0 Å². The number of hydrogen-bond donors (Lipinski definition) is 3. The lowest BCUT2D eigenvalue weighted by molar-refractivity contribution is -0.116. The van der Waals surface area contributed by atoms with Gasteiger partial charge in [0, 0.05) is 12.2 Å². The molecule has 0 spiro atoms. The molecule has 0 atom stereocenters. The van der Waals surface area contributed by atoms with Gasteiger partial charge in [-0.2, -0.15) is 5.26 Å². The SMILES string of the molecule is C/C(NCc1ccc(C)cc1)=C(/C#N)C(=O)NC(N)=O. The van der Waals surface area contributed by atoms with Crippen molar-refractivity contribution in [2.45, 2.75) is 20.4 Å². The van der Waals surface area contributed by atoms with Crippen LogP contribution < -0.4 is 16.4 Å². The minimum Gasteiger partial charge on any atom is -0.383 e. The Labute approximate surface area is 117 Å². The first-order chi connectivity index (χ1) is 9.43. The van der Waals surface area contributed by atoms with Crippen molar-refractivity contribution >= 4 is 11.9 Å². The highest BCUT2D eigenvalue weighted by Gasteiger charge is 2.14. The first-order valence-electron chi connectivity index (χ1n) is 5.95. The molecule has 0 heterocycles. The van der Waals surface area contributed by atoms with Crippen LogP contribution in [0.2, 0.25) is 0 Å². The van der Waals surface area contributed by atoms with Gasteiger partial charge in [-0.25, -0.2) is 4.79 Å². The Morgan fingerprint density at radius 1 is 1.30 bits per heavy atom. The molecule has 1 rings (SSSR count). The molecule has 6 heteroatoms. The van der Waals surface area contributed by atoms with Crippen LogP contribution in [0.25, 0.3) is 0 Å². The Bertz CT molecular complexity index is 582. The number of hydrogen-bond acceptors (Lipinski definition) is 4. The summed E-state index contributed by atoms with van der Waals surface area (Å²) in [4.78, 5) is 22.2. The number of nitrogens with two attached hydrogens (primary N) is 1. The minimum atomic E-state index is -0.992. The summed E-state index contributed by atoms with van der Waals surface area (Å²) >= 11 is 0. The fraction of sp³-hybridized carbons (Fsp3) is 0.214. The number of aryl methyl sites for hydroxylation is 1. The number of allylic oxidation sites excluding steroid dienone is 1. The molecule has 0 saturated heterocycles. The van der Waals surface area contributed by atoms with E-state index in [1.54, 1.807) is 13.0 Å². The maximum atomic E-state index is 11.5. The Balaban J connectivity index is 2.75. The normalized spacial score (nSPS) is 11.1. The van der Waals surface area contributed by atoms with E-state index in [4.69, 9.17) is 11.0 Å². The molecule has 104 valence electrons. The molecule has 0 unspecified atom stereocenters. The van der Waals surface area contributed by atoms with Crippen molar-refractivity contribution in [3.05, 3.63) is 46.7 Å². The Morgan fingerprint density at radius 3 is 2.40 bits per heavy atom. The lowest BCUT2D eigenvalue weighted by Gasteiger charge is -2.09. The summed E-state index contributed by atoms with van der Waals surface area (Å²) in [5, 5.41) is 13.8. The lowest BCUT2D eigenvalue weighted by atomic mass is 10.1. The topological polar surface area (TPSA) is 108 Å². The predicted octanol–water partition coefficient (Wildman–Crippen LogP) is 1.08. The van der Waals surface area contributed by atoms with E-state index in [-0.39, 0.29) is 5.57 Å². The fourth-order valence-electron chi connectivity index (χ4n) is 1.51. The van der Waals surface area contributed by atoms with Crippen molar-refractivity contribution in [1.29, 1.82) is 5.26 Å². The summed E-state index contributed by atoms with van der Waals surface area (Å²) in [5.74, 6) is -0.811. The molecule has 0 saturated carbocycles. The molecule has 4 N–H and O–H groups in total. The van der Waals surface area contributed by atoms with Crippen molar-refractivity contribution in [3.63, 3.8) is 0 Å². The van der Waals surface area contributed by atoms with Crippen LogP contribution in [0.1, 0.15) is 18.1 Å². The molecule has 20 heavy (non-hydrogen) atoms. The van der Waals surface area contributed by atoms with Gasteiger partial charge in [-0.3, -0.25) is 10.1 Å². The zero-order chi connectivity index (χ0) is 15.1. The number of nitrogens with zero attached hydrogens (tertiary/aromatic N) is 1. The van der Waals surface area contributed by atoms with E-state index >= 15 is 0 Å². The summed E-state index contributed by atoms with van der Waals surface area (Å²) < 4.78 is 0. The number of imide groups is 1. The van der Waals surface area contributed by atoms with Crippen molar-refractivity contribution in [3.8, 4) is 6.07 Å². The van der Waals surface area contributed by atoms with Crippen LogP contribution in [0.5, 0.6) is 0 Å².